The molecule has 0 aromatic heterocycles. The molecule has 1 saturated heterocycles. The van der Waals surface area contributed by atoms with Crippen molar-refractivity contribution < 1.29 is 9.53 Å². The number of likely N-dealkylation sites (tertiary alicyclic amines) is 1. The van der Waals surface area contributed by atoms with Crippen molar-refractivity contribution in [3.63, 3.8) is 0 Å². The molecule has 1 fully saturated rings. The molecular weight excluding hydrogens is 286 g/mol. The van der Waals surface area contributed by atoms with E-state index in [0.29, 0.717) is 6.54 Å². The fraction of sp³-hybridized carbons (Fsp3) is 0.450. The number of carbonyl (C=O) groups excluding carboxylic acids is 1. The van der Waals surface area contributed by atoms with Gasteiger partial charge in [-0.2, -0.15) is 0 Å². The van der Waals surface area contributed by atoms with Crippen LogP contribution in [0.4, 0.5) is 4.79 Å². The maximum absolute atomic E-state index is 12.4. The number of piperidine rings is 1. The van der Waals surface area contributed by atoms with Gasteiger partial charge in [0.2, 0.25) is 0 Å². The Labute approximate surface area is 139 Å². The predicted octanol–water partition coefficient (Wildman–Crippen LogP) is 5.05. The minimum atomic E-state index is -0.462. The van der Waals surface area contributed by atoms with Crippen molar-refractivity contribution in [2.24, 2.45) is 0 Å². The van der Waals surface area contributed by atoms with Crippen molar-refractivity contribution in [3.8, 4) is 0 Å². The number of hydrogen-bond acceptors (Lipinski definition) is 2. The highest BCUT2D eigenvalue weighted by molar-refractivity contribution is 5.69. The van der Waals surface area contributed by atoms with E-state index in [0.717, 1.165) is 19.3 Å². The molecule has 0 spiro atoms. The monoisotopic (exact) mass is 313 g/mol. The molecule has 1 aromatic carbocycles. The Morgan fingerprint density at radius 3 is 2.65 bits per heavy atom. The van der Waals surface area contributed by atoms with Crippen LogP contribution in [0.25, 0.3) is 6.08 Å². The summed E-state index contributed by atoms with van der Waals surface area (Å²) in [4.78, 5) is 14.3. The Kier molecular flexibility index (Phi) is 5.64. The van der Waals surface area contributed by atoms with Crippen LogP contribution in [0.15, 0.2) is 48.6 Å². The third-order valence-corrected chi connectivity index (χ3v) is 3.85. The van der Waals surface area contributed by atoms with Crippen LogP contribution >= 0.6 is 0 Å². The number of nitrogens with zero attached hydrogens (tertiary/aromatic N) is 1. The third-order valence-electron chi connectivity index (χ3n) is 3.85. The number of amides is 1. The Bertz CT molecular complexity index is 569. The van der Waals surface area contributed by atoms with Gasteiger partial charge in [0, 0.05) is 12.6 Å². The molecule has 1 aliphatic rings. The van der Waals surface area contributed by atoms with Gasteiger partial charge >= 0.3 is 6.09 Å². The zero-order valence-corrected chi connectivity index (χ0v) is 14.4. The van der Waals surface area contributed by atoms with E-state index < -0.39 is 5.60 Å². The highest BCUT2D eigenvalue weighted by Crippen LogP contribution is 2.28. The maximum atomic E-state index is 12.4. The normalized spacial score (nSPS) is 20.4. The van der Waals surface area contributed by atoms with Gasteiger partial charge in [-0.1, -0.05) is 48.1 Å². The molecule has 0 aliphatic carbocycles. The van der Waals surface area contributed by atoms with E-state index in [1.807, 2.05) is 49.9 Å². The van der Waals surface area contributed by atoms with Gasteiger partial charge in [-0.3, -0.25) is 0 Å². The Hall–Kier alpha value is -2.03. The van der Waals surface area contributed by atoms with Crippen LogP contribution in [0.5, 0.6) is 0 Å². The lowest BCUT2D eigenvalue weighted by Gasteiger charge is -2.37. The van der Waals surface area contributed by atoms with E-state index >= 15 is 0 Å². The lowest BCUT2D eigenvalue weighted by atomic mass is 9.93. The van der Waals surface area contributed by atoms with Crippen molar-refractivity contribution in [3.05, 3.63) is 54.1 Å². The second kappa shape index (κ2) is 7.49. The van der Waals surface area contributed by atoms with Gasteiger partial charge in [0.1, 0.15) is 5.60 Å². The molecule has 3 nitrogen and oxygen atoms in total. The molecule has 1 amide bonds. The molecule has 1 heterocycles. The van der Waals surface area contributed by atoms with E-state index in [1.165, 1.54) is 11.1 Å². The first-order chi connectivity index (χ1) is 10.9. The van der Waals surface area contributed by atoms with Crippen molar-refractivity contribution >= 4 is 12.2 Å². The largest absolute Gasteiger partial charge is 0.444 e. The minimum absolute atomic E-state index is 0.131. The van der Waals surface area contributed by atoms with Crippen LogP contribution in [-0.4, -0.2) is 29.2 Å². The van der Waals surface area contributed by atoms with Gasteiger partial charge < -0.3 is 9.64 Å². The summed E-state index contributed by atoms with van der Waals surface area (Å²) < 4.78 is 5.54. The maximum Gasteiger partial charge on any atom is 0.410 e. The smallest absolute Gasteiger partial charge is 0.410 e. The summed E-state index contributed by atoms with van der Waals surface area (Å²) in [7, 11) is 0. The lowest BCUT2D eigenvalue weighted by Crippen LogP contribution is -2.46. The summed E-state index contributed by atoms with van der Waals surface area (Å²) in [6.07, 6.45) is 6.45. The fourth-order valence-electron chi connectivity index (χ4n) is 2.84. The molecule has 1 aliphatic heterocycles. The first-order valence-corrected chi connectivity index (χ1v) is 8.24. The van der Waals surface area contributed by atoms with Crippen LogP contribution in [0.1, 0.15) is 45.6 Å². The van der Waals surface area contributed by atoms with Gasteiger partial charge in [-0.25, -0.2) is 4.79 Å². The van der Waals surface area contributed by atoms with E-state index in [-0.39, 0.29) is 12.1 Å². The number of carbonyl (C=O) groups is 1. The highest BCUT2D eigenvalue weighted by Gasteiger charge is 2.31. The zero-order valence-electron chi connectivity index (χ0n) is 14.4. The number of benzene rings is 1. The first kappa shape index (κ1) is 17.3. The summed E-state index contributed by atoms with van der Waals surface area (Å²) in [5.41, 5.74) is 2.13. The van der Waals surface area contributed by atoms with Crippen molar-refractivity contribution in [2.75, 3.05) is 6.54 Å². The molecule has 2 rings (SSSR count). The van der Waals surface area contributed by atoms with Crippen molar-refractivity contribution in [1.29, 1.82) is 0 Å². The second-order valence-corrected chi connectivity index (χ2v) is 7.02. The molecule has 1 aromatic rings. The zero-order chi connectivity index (χ0) is 16.9. The molecule has 1 atom stereocenters. The van der Waals surface area contributed by atoms with Crippen molar-refractivity contribution in [1.82, 2.24) is 4.90 Å². The average molecular weight is 313 g/mol. The van der Waals surface area contributed by atoms with E-state index in [2.05, 4.69) is 24.8 Å². The van der Waals surface area contributed by atoms with Crippen LogP contribution < -0.4 is 0 Å². The molecule has 0 N–H and O–H groups in total. The van der Waals surface area contributed by atoms with Crippen LogP contribution in [-0.2, 0) is 4.74 Å². The van der Waals surface area contributed by atoms with Crippen LogP contribution in [0.3, 0.4) is 0 Å². The molecule has 23 heavy (non-hydrogen) atoms. The lowest BCUT2D eigenvalue weighted by molar-refractivity contribution is 0.0137. The summed E-state index contributed by atoms with van der Waals surface area (Å²) in [6.45, 7) is 10.2. The topological polar surface area (TPSA) is 29.5 Å². The Morgan fingerprint density at radius 1 is 1.35 bits per heavy atom. The average Bonchev–Trinajstić information content (AvgIpc) is 2.47. The molecule has 3 heteroatoms. The van der Waals surface area contributed by atoms with E-state index in [9.17, 15) is 4.79 Å². The molecule has 0 radical (unpaired) electrons. The summed E-state index contributed by atoms with van der Waals surface area (Å²) in [5, 5.41) is 0. The Morgan fingerprint density at radius 2 is 2.04 bits per heavy atom. The van der Waals surface area contributed by atoms with Crippen LogP contribution in [0.2, 0.25) is 0 Å². The first-order valence-electron chi connectivity index (χ1n) is 8.24. The third kappa shape index (κ3) is 5.27. The fourth-order valence-corrected chi connectivity index (χ4v) is 2.84. The number of hydrogen-bond donors (Lipinski definition) is 0. The quantitative estimate of drug-likeness (QED) is 0.731. The molecule has 0 saturated carbocycles. The summed E-state index contributed by atoms with van der Waals surface area (Å²) in [5.74, 6) is 0. The van der Waals surface area contributed by atoms with Gasteiger partial charge in [-0.15, -0.1) is 6.58 Å². The van der Waals surface area contributed by atoms with Crippen LogP contribution in [0, 0.1) is 0 Å². The molecule has 124 valence electrons. The second-order valence-electron chi connectivity index (χ2n) is 7.02. The standard InChI is InChI=1S/C20H27NO2/c1-5-9-18-15-17(14-16-10-7-6-8-11-16)12-13-21(18)19(22)23-20(2,3)4/h5-8,10-11,14,18H,1,9,12-13,15H2,2-4H3/b17-14-. The molecular formula is C20H27NO2. The van der Waals surface area contributed by atoms with E-state index in [1.54, 1.807) is 0 Å². The number of ether oxygens (including phenoxy) is 1. The minimum Gasteiger partial charge on any atom is -0.444 e. The highest BCUT2D eigenvalue weighted by atomic mass is 16.6. The van der Waals surface area contributed by atoms with Gasteiger partial charge in [0.15, 0.2) is 0 Å². The number of rotatable bonds is 3. The summed E-state index contributed by atoms with van der Waals surface area (Å²) >= 11 is 0. The predicted molar refractivity (Wildman–Crippen MR) is 95.2 cm³/mol. The van der Waals surface area contributed by atoms with Crippen molar-refractivity contribution in [2.45, 2.75) is 51.7 Å². The Balaban J connectivity index is 2.10. The molecule has 1 unspecified atom stereocenters. The van der Waals surface area contributed by atoms with Gasteiger partial charge in [-0.05, 0) is 45.6 Å². The van der Waals surface area contributed by atoms with E-state index in [4.69, 9.17) is 4.74 Å². The molecule has 0 bridgehead atoms. The van der Waals surface area contributed by atoms with Gasteiger partial charge in [0.25, 0.3) is 0 Å². The summed E-state index contributed by atoms with van der Waals surface area (Å²) in [6, 6.07) is 10.5. The SMILES string of the molecule is C=CCC1C/C(=C\c2ccccc2)CCN1C(=O)OC(C)(C)C. The van der Waals surface area contributed by atoms with Gasteiger partial charge in [0.05, 0.1) is 0 Å².